The van der Waals surface area contributed by atoms with Crippen molar-refractivity contribution in [2.75, 3.05) is 26.1 Å². The minimum atomic E-state index is -0.766. The Balaban J connectivity index is 1.49. The molecule has 164 valence electrons. The quantitative estimate of drug-likeness (QED) is 0.433. The molecule has 0 spiro atoms. The number of aliphatic hydroxyl groups is 1. The van der Waals surface area contributed by atoms with Crippen molar-refractivity contribution in [3.05, 3.63) is 58.7 Å². The fraction of sp³-hybridized carbons (Fsp3) is 0.292. The van der Waals surface area contributed by atoms with Crippen LogP contribution in [0.4, 0.5) is 5.82 Å². The highest BCUT2D eigenvalue weighted by Gasteiger charge is 2.23. The molecule has 3 aromatic heterocycles. The van der Waals surface area contributed by atoms with E-state index in [2.05, 4.69) is 10.3 Å². The number of anilines is 1. The number of aliphatic hydroxyl groups excluding tert-OH is 1. The highest BCUT2D eigenvalue weighted by molar-refractivity contribution is 7.19. The number of benzene rings is 1. The molecule has 1 unspecified atom stereocenters. The Morgan fingerprint density at radius 2 is 1.94 bits per heavy atom. The highest BCUT2D eigenvalue weighted by atomic mass is 32.1. The van der Waals surface area contributed by atoms with Gasteiger partial charge in [0.2, 0.25) is 0 Å². The number of methoxy groups -OCH3 is 2. The standard InChI is InChI=1S/C24H24N4O3S/c1-30-16-9-15(10-17(11-16)31-2)19(29)13-26-23-21-18-6-3-7-20(18)32-24(21)28-22(27-23)14-5-4-8-25-12-14/h4-5,8-12,19,29H,3,6-7,13H2,1-2H3,(H,26,27,28). The van der Waals surface area contributed by atoms with Crippen molar-refractivity contribution in [1.29, 1.82) is 0 Å². The Morgan fingerprint density at radius 1 is 1.12 bits per heavy atom. The number of fused-ring (bicyclic) bond motifs is 3. The highest BCUT2D eigenvalue weighted by Crippen LogP contribution is 2.40. The zero-order chi connectivity index (χ0) is 22.1. The van der Waals surface area contributed by atoms with Crippen LogP contribution in [0.3, 0.4) is 0 Å². The lowest BCUT2D eigenvalue weighted by molar-refractivity contribution is 0.190. The molecule has 8 heteroatoms. The molecular formula is C24H24N4O3S. The van der Waals surface area contributed by atoms with Gasteiger partial charge in [-0.3, -0.25) is 4.98 Å². The molecular weight excluding hydrogens is 424 g/mol. The summed E-state index contributed by atoms with van der Waals surface area (Å²) in [5.41, 5.74) is 2.91. The first-order valence-corrected chi connectivity index (χ1v) is 11.4. The summed E-state index contributed by atoms with van der Waals surface area (Å²) >= 11 is 1.74. The molecule has 5 rings (SSSR count). The van der Waals surface area contributed by atoms with Gasteiger partial charge in [0, 0.05) is 35.4 Å². The van der Waals surface area contributed by atoms with Gasteiger partial charge in [0.05, 0.1) is 25.7 Å². The van der Waals surface area contributed by atoms with Crippen LogP contribution in [0.2, 0.25) is 0 Å². The lowest BCUT2D eigenvalue weighted by atomic mass is 10.1. The summed E-state index contributed by atoms with van der Waals surface area (Å²) < 4.78 is 10.7. The molecule has 3 heterocycles. The summed E-state index contributed by atoms with van der Waals surface area (Å²) in [6, 6.07) is 9.25. The van der Waals surface area contributed by atoms with Crippen LogP contribution in [-0.4, -0.2) is 40.8 Å². The van der Waals surface area contributed by atoms with Gasteiger partial charge >= 0.3 is 0 Å². The molecule has 0 saturated heterocycles. The predicted octanol–water partition coefficient (Wildman–Crippen LogP) is 4.40. The number of rotatable bonds is 7. The lowest BCUT2D eigenvalue weighted by Crippen LogP contribution is -2.14. The molecule has 2 N–H and O–H groups in total. The summed E-state index contributed by atoms with van der Waals surface area (Å²) in [6.07, 6.45) is 6.02. The maximum atomic E-state index is 10.9. The van der Waals surface area contributed by atoms with Gasteiger partial charge in [-0.1, -0.05) is 0 Å². The molecule has 7 nitrogen and oxygen atoms in total. The summed E-state index contributed by atoms with van der Waals surface area (Å²) in [5, 5.41) is 15.4. The lowest BCUT2D eigenvalue weighted by Gasteiger charge is -2.16. The summed E-state index contributed by atoms with van der Waals surface area (Å²) in [6.45, 7) is 0.291. The van der Waals surface area contributed by atoms with E-state index in [0.29, 0.717) is 29.4 Å². The van der Waals surface area contributed by atoms with E-state index in [1.807, 2.05) is 24.3 Å². The van der Waals surface area contributed by atoms with Crippen molar-refractivity contribution >= 4 is 27.4 Å². The van der Waals surface area contributed by atoms with E-state index in [-0.39, 0.29) is 0 Å². The minimum absolute atomic E-state index is 0.291. The average Bonchev–Trinajstić information content (AvgIpc) is 3.43. The van der Waals surface area contributed by atoms with Gasteiger partial charge in [0.1, 0.15) is 22.1 Å². The van der Waals surface area contributed by atoms with Gasteiger partial charge < -0.3 is 19.9 Å². The third-order valence-electron chi connectivity index (χ3n) is 5.71. The predicted molar refractivity (Wildman–Crippen MR) is 126 cm³/mol. The van der Waals surface area contributed by atoms with Crippen molar-refractivity contribution in [3.63, 3.8) is 0 Å². The second kappa shape index (κ2) is 8.72. The van der Waals surface area contributed by atoms with Crippen LogP contribution < -0.4 is 14.8 Å². The Kier molecular flexibility index (Phi) is 5.63. The number of pyridine rings is 1. The van der Waals surface area contributed by atoms with Crippen LogP contribution in [0.25, 0.3) is 21.6 Å². The Bertz CT molecular complexity index is 1240. The second-order valence-corrected chi connectivity index (χ2v) is 8.80. The van der Waals surface area contributed by atoms with Gasteiger partial charge in [0.15, 0.2) is 5.82 Å². The van der Waals surface area contributed by atoms with Crippen LogP contribution in [0.5, 0.6) is 11.5 Å². The maximum absolute atomic E-state index is 10.9. The van der Waals surface area contributed by atoms with Gasteiger partial charge in [-0.25, -0.2) is 9.97 Å². The first-order valence-electron chi connectivity index (χ1n) is 10.5. The molecule has 1 aromatic carbocycles. The second-order valence-electron chi connectivity index (χ2n) is 7.72. The average molecular weight is 449 g/mol. The number of nitrogens with one attached hydrogen (secondary N) is 1. The number of hydrogen-bond donors (Lipinski definition) is 2. The smallest absolute Gasteiger partial charge is 0.164 e. The van der Waals surface area contributed by atoms with Gasteiger partial charge in [-0.05, 0) is 54.7 Å². The summed E-state index contributed by atoms with van der Waals surface area (Å²) in [4.78, 5) is 16.2. The maximum Gasteiger partial charge on any atom is 0.164 e. The van der Waals surface area contributed by atoms with Crippen LogP contribution in [0, 0.1) is 0 Å². The zero-order valence-electron chi connectivity index (χ0n) is 18.0. The number of thiophene rings is 1. The fourth-order valence-electron chi connectivity index (χ4n) is 4.08. The van der Waals surface area contributed by atoms with Crippen LogP contribution in [0.1, 0.15) is 28.5 Å². The molecule has 1 aliphatic rings. The minimum Gasteiger partial charge on any atom is -0.497 e. The molecule has 0 radical (unpaired) electrons. The molecule has 0 aliphatic heterocycles. The Labute approximate surface area is 190 Å². The Morgan fingerprint density at radius 3 is 2.66 bits per heavy atom. The summed E-state index contributed by atoms with van der Waals surface area (Å²) in [7, 11) is 3.19. The van der Waals surface area contributed by atoms with E-state index in [4.69, 9.17) is 19.4 Å². The summed E-state index contributed by atoms with van der Waals surface area (Å²) in [5.74, 6) is 2.66. The van der Waals surface area contributed by atoms with E-state index in [1.165, 1.54) is 10.4 Å². The van der Waals surface area contributed by atoms with Gasteiger partial charge in [-0.2, -0.15) is 0 Å². The van der Waals surface area contributed by atoms with Gasteiger partial charge in [0.25, 0.3) is 0 Å². The molecule has 1 atom stereocenters. The van der Waals surface area contributed by atoms with Crippen LogP contribution in [0.15, 0.2) is 42.7 Å². The number of aromatic nitrogens is 3. The fourth-order valence-corrected chi connectivity index (χ4v) is 5.34. The molecule has 0 fully saturated rings. The van der Waals surface area contributed by atoms with E-state index in [9.17, 15) is 5.11 Å². The third kappa shape index (κ3) is 3.87. The largest absolute Gasteiger partial charge is 0.497 e. The van der Waals surface area contributed by atoms with E-state index < -0.39 is 6.10 Å². The molecule has 0 bridgehead atoms. The van der Waals surface area contributed by atoms with E-state index >= 15 is 0 Å². The topological polar surface area (TPSA) is 89.4 Å². The Hall–Kier alpha value is -3.23. The monoisotopic (exact) mass is 448 g/mol. The van der Waals surface area contributed by atoms with E-state index in [0.717, 1.165) is 40.9 Å². The number of aryl methyl sites for hydroxylation is 2. The number of nitrogens with zero attached hydrogens (tertiary/aromatic N) is 3. The van der Waals surface area contributed by atoms with Crippen molar-refractivity contribution in [1.82, 2.24) is 15.0 Å². The number of ether oxygens (including phenoxy) is 2. The molecule has 4 aromatic rings. The first-order chi connectivity index (χ1) is 15.7. The molecule has 32 heavy (non-hydrogen) atoms. The number of hydrogen-bond acceptors (Lipinski definition) is 8. The first kappa shape index (κ1) is 20.7. The molecule has 1 aliphatic carbocycles. The molecule has 0 saturated carbocycles. The third-order valence-corrected chi connectivity index (χ3v) is 6.89. The van der Waals surface area contributed by atoms with Crippen LogP contribution in [-0.2, 0) is 12.8 Å². The van der Waals surface area contributed by atoms with Crippen molar-refractivity contribution in [2.24, 2.45) is 0 Å². The van der Waals surface area contributed by atoms with Crippen molar-refractivity contribution < 1.29 is 14.6 Å². The van der Waals surface area contributed by atoms with Gasteiger partial charge in [-0.15, -0.1) is 11.3 Å². The van der Waals surface area contributed by atoms with E-state index in [1.54, 1.807) is 44.0 Å². The molecule has 0 amide bonds. The van der Waals surface area contributed by atoms with Crippen molar-refractivity contribution in [2.45, 2.75) is 25.4 Å². The normalized spacial score (nSPS) is 13.7. The zero-order valence-corrected chi connectivity index (χ0v) is 18.8. The van der Waals surface area contributed by atoms with Crippen LogP contribution >= 0.6 is 11.3 Å². The van der Waals surface area contributed by atoms with Crippen molar-refractivity contribution in [3.8, 4) is 22.9 Å². The SMILES string of the molecule is COc1cc(OC)cc(C(O)CNc2nc(-c3cccnc3)nc3sc4c(c23)CCC4)c1.